The molecule has 0 bridgehead atoms. The van der Waals surface area contributed by atoms with E-state index in [1.54, 1.807) is 0 Å². The third-order valence-electron chi connectivity index (χ3n) is 10.5. The lowest BCUT2D eigenvalue weighted by Gasteiger charge is -2.61. The molecule has 0 spiro atoms. The fraction of sp³-hybridized carbons (Fsp3) is 0.923. The van der Waals surface area contributed by atoms with E-state index in [0.717, 1.165) is 37.0 Å². The first-order chi connectivity index (χ1) is 14.1. The van der Waals surface area contributed by atoms with Crippen LogP contribution < -0.4 is 5.11 Å². The highest BCUT2D eigenvalue weighted by molar-refractivity contribution is 5.66. The molecule has 0 saturated heterocycles. The largest absolute Gasteiger partial charge is 0.550 e. The second-order valence-corrected chi connectivity index (χ2v) is 11.8. The molecule has 30 heavy (non-hydrogen) atoms. The summed E-state index contributed by atoms with van der Waals surface area (Å²) >= 11 is 0. The number of hydrogen-bond acceptors (Lipinski definition) is 4. The van der Waals surface area contributed by atoms with Crippen molar-refractivity contribution in [3.8, 4) is 0 Å². The number of fused-ring (bicyclic) bond motifs is 5. The Balaban J connectivity index is 1.47. The average Bonchev–Trinajstić information content (AvgIpc) is 3.03. The number of esters is 1. The molecule has 0 unspecified atom stereocenters. The number of carboxylic acids is 1. The SMILES string of the molecule is CC(=O)O[C@@H]1CC[C@@]2(C)[C@H](CC[C@@H]3[C@H]4CC[C@H]([C@H](C)CCC(=O)[O-])[C@@]4(C)CC[C@H]32)C1. The quantitative estimate of drug-likeness (QED) is 0.606. The summed E-state index contributed by atoms with van der Waals surface area (Å²) < 4.78 is 5.60. The normalized spacial score (nSPS) is 46.3. The highest BCUT2D eigenvalue weighted by Gasteiger charge is 2.60. The summed E-state index contributed by atoms with van der Waals surface area (Å²) in [5, 5.41) is 11.0. The van der Waals surface area contributed by atoms with Gasteiger partial charge in [-0.15, -0.1) is 0 Å². The molecule has 170 valence electrons. The summed E-state index contributed by atoms with van der Waals surface area (Å²) in [5.74, 6) is 3.24. The molecule has 4 rings (SSSR count). The van der Waals surface area contributed by atoms with Crippen LogP contribution in [0.5, 0.6) is 0 Å². The number of ether oxygens (including phenoxy) is 1. The Hall–Kier alpha value is -1.06. The zero-order valence-electron chi connectivity index (χ0n) is 19.5. The van der Waals surface area contributed by atoms with Gasteiger partial charge in [0.1, 0.15) is 6.10 Å². The van der Waals surface area contributed by atoms with Gasteiger partial charge in [0.2, 0.25) is 0 Å². The van der Waals surface area contributed by atoms with Crippen molar-refractivity contribution < 1.29 is 19.4 Å². The van der Waals surface area contributed by atoms with Crippen LogP contribution in [0.4, 0.5) is 0 Å². The van der Waals surface area contributed by atoms with Gasteiger partial charge in [-0.05, 0) is 117 Å². The number of carbonyl (C=O) groups is 2. The van der Waals surface area contributed by atoms with E-state index >= 15 is 0 Å². The summed E-state index contributed by atoms with van der Waals surface area (Å²) in [6.45, 7) is 8.90. The lowest BCUT2D eigenvalue weighted by atomic mass is 9.44. The molecular weight excluding hydrogens is 376 g/mol. The monoisotopic (exact) mass is 417 g/mol. The van der Waals surface area contributed by atoms with E-state index < -0.39 is 5.97 Å². The maximum Gasteiger partial charge on any atom is 0.302 e. The Labute approximate surface area is 182 Å². The smallest absolute Gasteiger partial charge is 0.302 e. The lowest BCUT2D eigenvalue weighted by Crippen LogP contribution is -2.54. The zero-order chi connectivity index (χ0) is 21.7. The minimum atomic E-state index is -0.902. The third kappa shape index (κ3) is 3.71. The Morgan fingerprint density at radius 3 is 2.40 bits per heavy atom. The molecule has 0 N–H and O–H groups in total. The van der Waals surface area contributed by atoms with Gasteiger partial charge in [0.05, 0.1) is 0 Å². The molecule has 4 nitrogen and oxygen atoms in total. The molecule has 0 radical (unpaired) electrons. The second-order valence-electron chi connectivity index (χ2n) is 11.8. The molecular formula is C26H41O4-. The highest BCUT2D eigenvalue weighted by Crippen LogP contribution is 2.68. The van der Waals surface area contributed by atoms with Gasteiger partial charge < -0.3 is 14.6 Å². The summed E-state index contributed by atoms with van der Waals surface area (Å²) in [6, 6.07) is 0. The van der Waals surface area contributed by atoms with E-state index in [0.29, 0.717) is 28.6 Å². The molecule has 9 atom stereocenters. The highest BCUT2D eigenvalue weighted by atomic mass is 16.5. The van der Waals surface area contributed by atoms with Crippen molar-refractivity contribution in [2.45, 2.75) is 104 Å². The maximum absolute atomic E-state index is 11.5. The van der Waals surface area contributed by atoms with Gasteiger partial charge in [-0.3, -0.25) is 4.79 Å². The minimum absolute atomic E-state index is 0.129. The average molecular weight is 418 g/mol. The Morgan fingerprint density at radius 2 is 1.70 bits per heavy atom. The van der Waals surface area contributed by atoms with Gasteiger partial charge in [-0.25, -0.2) is 0 Å². The molecule has 0 aromatic carbocycles. The van der Waals surface area contributed by atoms with Gasteiger partial charge in [0, 0.05) is 12.9 Å². The second kappa shape index (κ2) is 8.13. The van der Waals surface area contributed by atoms with Crippen molar-refractivity contribution >= 4 is 11.9 Å². The van der Waals surface area contributed by atoms with E-state index in [4.69, 9.17) is 4.74 Å². The third-order valence-corrected chi connectivity index (χ3v) is 10.5. The van der Waals surface area contributed by atoms with Crippen LogP contribution in [0.3, 0.4) is 0 Å². The Kier molecular flexibility index (Phi) is 6.00. The summed E-state index contributed by atoms with van der Waals surface area (Å²) in [4.78, 5) is 22.4. The minimum Gasteiger partial charge on any atom is -0.550 e. The van der Waals surface area contributed by atoms with E-state index in [2.05, 4.69) is 20.8 Å². The lowest BCUT2D eigenvalue weighted by molar-refractivity contribution is -0.306. The van der Waals surface area contributed by atoms with Crippen LogP contribution >= 0.6 is 0 Å². The molecule has 4 heteroatoms. The van der Waals surface area contributed by atoms with Crippen LogP contribution in [0, 0.1) is 46.3 Å². The van der Waals surface area contributed by atoms with Crippen molar-refractivity contribution in [1.82, 2.24) is 0 Å². The maximum atomic E-state index is 11.5. The van der Waals surface area contributed by atoms with E-state index in [1.165, 1.54) is 51.9 Å². The van der Waals surface area contributed by atoms with Crippen molar-refractivity contribution in [3.63, 3.8) is 0 Å². The molecule has 4 aliphatic rings. The molecule has 0 aromatic rings. The molecule has 4 fully saturated rings. The first-order valence-electron chi connectivity index (χ1n) is 12.5. The summed E-state index contributed by atoms with van der Waals surface area (Å²) in [6.07, 6.45) is 12.2. The summed E-state index contributed by atoms with van der Waals surface area (Å²) in [5.41, 5.74) is 0.782. The Morgan fingerprint density at radius 1 is 1.00 bits per heavy atom. The van der Waals surface area contributed by atoms with Crippen LogP contribution in [-0.4, -0.2) is 18.0 Å². The van der Waals surface area contributed by atoms with Crippen LogP contribution in [-0.2, 0) is 14.3 Å². The molecule has 4 aliphatic carbocycles. The van der Waals surface area contributed by atoms with Crippen molar-refractivity contribution in [3.05, 3.63) is 0 Å². The standard InChI is InChI=1S/C26H42O4/c1-16(5-10-24(28)29)21-8-9-22-20-7-6-18-15-19(30-17(2)27)11-13-25(18,3)23(20)12-14-26(21,22)4/h16,18-23H,5-15H2,1-4H3,(H,28,29)/p-1/t16-,18-,19-,20-,21-,22-,23-,25+,26-/m1/s1. The Bertz CT molecular complexity index is 674. The molecule has 0 aliphatic heterocycles. The van der Waals surface area contributed by atoms with Crippen molar-refractivity contribution in [2.24, 2.45) is 46.3 Å². The van der Waals surface area contributed by atoms with Crippen LogP contribution in [0.1, 0.15) is 98.3 Å². The fourth-order valence-electron chi connectivity index (χ4n) is 9.08. The van der Waals surface area contributed by atoms with Gasteiger partial charge >= 0.3 is 5.97 Å². The zero-order valence-corrected chi connectivity index (χ0v) is 19.5. The number of hydrogen-bond donors (Lipinski definition) is 0. The fourth-order valence-corrected chi connectivity index (χ4v) is 9.08. The summed E-state index contributed by atoms with van der Waals surface area (Å²) in [7, 11) is 0. The number of carbonyl (C=O) groups excluding carboxylic acids is 2. The van der Waals surface area contributed by atoms with Crippen LogP contribution in [0.15, 0.2) is 0 Å². The van der Waals surface area contributed by atoms with Gasteiger partial charge in [-0.2, -0.15) is 0 Å². The molecule has 0 amide bonds. The van der Waals surface area contributed by atoms with E-state index in [1.807, 2.05) is 0 Å². The predicted octanol–water partition coefficient (Wildman–Crippen LogP) is 4.74. The van der Waals surface area contributed by atoms with Gasteiger partial charge in [-0.1, -0.05) is 20.8 Å². The molecule has 0 heterocycles. The van der Waals surface area contributed by atoms with Crippen molar-refractivity contribution in [2.75, 3.05) is 0 Å². The van der Waals surface area contributed by atoms with Gasteiger partial charge in [0.15, 0.2) is 0 Å². The van der Waals surface area contributed by atoms with Crippen LogP contribution in [0.2, 0.25) is 0 Å². The molecule has 0 aromatic heterocycles. The first-order valence-corrected chi connectivity index (χ1v) is 12.5. The molecule has 4 saturated carbocycles. The number of aliphatic carboxylic acids is 1. The number of carboxylic acid groups (broad SMARTS) is 1. The van der Waals surface area contributed by atoms with Gasteiger partial charge in [0.25, 0.3) is 0 Å². The van der Waals surface area contributed by atoms with Crippen molar-refractivity contribution in [1.29, 1.82) is 0 Å². The van der Waals surface area contributed by atoms with E-state index in [-0.39, 0.29) is 18.5 Å². The van der Waals surface area contributed by atoms with Crippen LogP contribution in [0.25, 0.3) is 0 Å². The topological polar surface area (TPSA) is 66.4 Å². The number of rotatable bonds is 5. The first kappa shape index (κ1) is 22.1. The predicted molar refractivity (Wildman–Crippen MR) is 114 cm³/mol. The van der Waals surface area contributed by atoms with E-state index in [9.17, 15) is 14.7 Å².